The number of benzene rings is 3. The lowest BCUT2D eigenvalue weighted by Crippen LogP contribution is -2.04. The topological polar surface area (TPSA) is 55.8 Å². The Kier molecular flexibility index (Phi) is 6.88. The molecule has 0 fully saturated rings. The van der Waals surface area contributed by atoms with Gasteiger partial charge in [-0.25, -0.2) is 4.79 Å². The number of rotatable bonds is 7. The number of carboxylic acid groups (broad SMARTS) is 1. The van der Waals surface area contributed by atoms with E-state index in [1.165, 1.54) is 18.2 Å². The summed E-state index contributed by atoms with van der Waals surface area (Å²) in [7, 11) is 0. The third kappa shape index (κ3) is 6.14. The van der Waals surface area contributed by atoms with Crippen LogP contribution in [0.5, 0.6) is 17.2 Å². The molecular formula is C25H21F3O4. The van der Waals surface area contributed by atoms with Gasteiger partial charge in [-0.15, -0.1) is 0 Å². The summed E-state index contributed by atoms with van der Waals surface area (Å²) in [5.41, 5.74) is 1.72. The molecule has 0 aliphatic rings. The number of carbonyl (C=O) groups is 1. The van der Waals surface area contributed by atoms with Crippen LogP contribution in [0.2, 0.25) is 0 Å². The zero-order valence-corrected chi connectivity index (χ0v) is 17.4. The quantitative estimate of drug-likeness (QED) is 0.432. The van der Waals surface area contributed by atoms with E-state index in [9.17, 15) is 23.1 Å². The van der Waals surface area contributed by atoms with Crippen LogP contribution in [0.25, 0.3) is 6.08 Å². The first-order valence-corrected chi connectivity index (χ1v) is 9.72. The number of ether oxygens (including phenoxy) is 2. The first kappa shape index (κ1) is 22.9. The molecule has 4 nitrogen and oxygen atoms in total. The van der Waals surface area contributed by atoms with Crippen LogP contribution in [-0.2, 0) is 6.18 Å². The van der Waals surface area contributed by atoms with Crippen molar-refractivity contribution in [3.05, 3.63) is 94.6 Å². The number of alkyl halides is 3. The van der Waals surface area contributed by atoms with Gasteiger partial charge in [-0.1, -0.05) is 24.3 Å². The van der Waals surface area contributed by atoms with E-state index in [1.807, 2.05) is 13.0 Å². The van der Waals surface area contributed by atoms with Crippen molar-refractivity contribution in [3.8, 4) is 17.2 Å². The van der Waals surface area contributed by atoms with Gasteiger partial charge < -0.3 is 14.6 Å². The van der Waals surface area contributed by atoms with Gasteiger partial charge in [-0.05, 0) is 79.1 Å². The third-order valence-corrected chi connectivity index (χ3v) is 4.51. The number of hydrogen-bond donors (Lipinski definition) is 1. The summed E-state index contributed by atoms with van der Waals surface area (Å²) >= 11 is 0. The maximum atomic E-state index is 12.6. The van der Waals surface area contributed by atoms with Crippen LogP contribution in [0.1, 0.15) is 32.6 Å². The Labute approximate surface area is 183 Å². The molecule has 32 heavy (non-hydrogen) atoms. The molecule has 3 aromatic carbocycles. The van der Waals surface area contributed by atoms with E-state index in [4.69, 9.17) is 9.47 Å². The molecule has 0 aromatic heterocycles. The van der Waals surface area contributed by atoms with Crippen molar-refractivity contribution in [1.82, 2.24) is 0 Å². The average molecular weight is 442 g/mol. The molecule has 0 aliphatic carbocycles. The van der Waals surface area contributed by atoms with Gasteiger partial charge in [0.05, 0.1) is 11.1 Å². The Hall–Kier alpha value is -3.74. The van der Waals surface area contributed by atoms with Gasteiger partial charge in [0.15, 0.2) is 11.5 Å². The Balaban J connectivity index is 1.71. The smallest absolute Gasteiger partial charge is 0.416 e. The van der Waals surface area contributed by atoms with E-state index in [0.29, 0.717) is 22.8 Å². The standard InChI is InChI=1S/C25H21F3O4/c1-16-5-10-22(32-21-13-17(2)12-19(15-21)24(29)30)23(14-16)31-11-3-4-18-6-8-20(9-7-18)25(26,27)28/h3-10,12-15H,11H2,1-2H3,(H,29,30)/b4-3+. The number of hydrogen-bond acceptors (Lipinski definition) is 3. The van der Waals surface area contributed by atoms with Crippen LogP contribution in [0.4, 0.5) is 13.2 Å². The average Bonchev–Trinajstić information content (AvgIpc) is 2.72. The van der Waals surface area contributed by atoms with E-state index >= 15 is 0 Å². The second kappa shape index (κ2) is 9.60. The lowest BCUT2D eigenvalue weighted by molar-refractivity contribution is -0.137. The van der Waals surface area contributed by atoms with Gasteiger partial charge in [-0.3, -0.25) is 0 Å². The summed E-state index contributed by atoms with van der Waals surface area (Å²) < 4.78 is 49.6. The van der Waals surface area contributed by atoms with Crippen molar-refractivity contribution < 1.29 is 32.5 Å². The summed E-state index contributed by atoms with van der Waals surface area (Å²) in [6, 6.07) is 14.9. The Morgan fingerprint density at radius 3 is 2.31 bits per heavy atom. The minimum atomic E-state index is -4.37. The van der Waals surface area contributed by atoms with Crippen LogP contribution >= 0.6 is 0 Å². The van der Waals surface area contributed by atoms with Crippen LogP contribution in [-0.4, -0.2) is 17.7 Å². The van der Waals surface area contributed by atoms with E-state index in [2.05, 4.69) is 0 Å². The van der Waals surface area contributed by atoms with Gasteiger partial charge >= 0.3 is 12.1 Å². The summed E-state index contributed by atoms with van der Waals surface area (Å²) in [5.74, 6) is 0.199. The SMILES string of the molecule is Cc1cc(Oc2ccc(C)cc2OC/C=C/c2ccc(C(F)(F)F)cc2)cc(C(=O)O)c1. The zero-order valence-electron chi connectivity index (χ0n) is 17.4. The largest absolute Gasteiger partial charge is 0.486 e. The molecule has 3 rings (SSSR count). The molecule has 1 N–H and O–H groups in total. The predicted molar refractivity (Wildman–Crippen MR) is 115 cm³/mol. The summed E-state index contributed by atoms with van der Waals surface area (Å²) in [5, 5.41) is 9.24. The van der Waals surface area contributed by atoms with Crippen LogP contribution in [0.3, 0.4) is 0 Å². The van der Waals surface area contributed by atoms with Crippen molar-refractivity contribution in [2.45, 2.75) is 20.0 Å². The highest BCUT2D eigenvalue weighted by Crippen LogP contribution is 2.33. The Bertz CT molecular complexity index is 1130. The number of aryl methyl sites for hydroxylation is 2. The molecule has 0 atom stereocenters. The summed E-state index contributed by atoms with van der Waals surface area (Å²) in [6.45, 7) is 3.83. The minimum absolute atomic E-state index is 0.119. The fourth-order valence-electron chi connectivity index (χ4n) is 2.98. The molecular weight excluding hydrogens is 421 g/mol. The second-order valence-electron chi connectivity index (χ2n) is 7.23. The molecule has 3 aromatic rings. The maximum Gasteiger partial charge on any atom is 0.416 e. The normalized spacial score (nSPS) is 11.5. The molecule has 0 heterocycles. The molecule has 0 spiro atoms. The van der Waals surface area contributed by atoms with Gasteiger partial charge in [0.2, 0.25) is 0 Å². The highest BCUT2D eigenvalue weighted by molar-refractivity contribution is 5.88. The van der Waals surface area contributed by atoms with Crippen LogP contribution in [0.15, 0.2) is 66.7 Å². The molecule has 0 unspecified atom stereocenters. The monoisotopic (exact) mass is 442 g/mol. The summed E-state index contributed by atoms with van der Waals surface area (Å²) in [6.07, 6.45) is -1.02. The van der Waals surface area contributed by atoms with Gasteiger partial charge in [0, 0.05) is 0 Å². The van der Waals surface area contributed by atoms with Gasteiger partial charge in [0.25, 0.3) is 0 Å². The first-order valence-electron chi connectivity index (χ1n) is 9.72. The lowest BCUT2D eigenvalue weighted by atomic mass is 10.1. The number of aromatic carboxylic acids is 1. The highest BCUT2D eigenvalue weighted by atomic mass is 19.4. The van der Waals surface area contributed by atoms with Crippen LogP contribution in [0, 0.1) is 13.8 Å². The van der Waals surface area contributed by atoms with Crippen molar-refractivity contribution >= 4 is 12.0 Å². The van der Waals surface area contributed by atoms with E-state index in [1.54, 1.807) is 43.3 Å². The Morgan fingerprint density at radius 1 is 0.938 bits per heavy atom. The fourth-order valence-corrected chi connectivity index (χ4v) is 2.98. The van der Waals surface area contributed by atoms with Crippen molar-refractivity contribution in [1.29, 1.82) is 0 Å². The van der Waals surface area contributed by atoms with E-state index in [0.717, 1.165) is 23.3 Å². The molecule has 0 saturated carbocycles. The maximum absolute atomic E-state index is 12.6. The molecule has 0 bridgehead atoms. The zero-order chi connectivity index (χ0) is 23.3. The lowest BCUT2D eigenvalue weighted by Gasteiger charge is -2.13. The van der Waals surface area contributed by atoms with E-state index in [-0.39, 0.29) is 12.2 Å². The highest BCUT2D eigenvalue weighted by Gasteiger charge is 2.29. The Morgan fingerprint density at radius 2 is 1.66 bits per heavy atom. The molecule has 7 heteroatoms. The molecule has 0 saturated heterocycles. The second-order valence-corrected chi connectivity index (χ2v) is 7.23. The van der Waals surface area contributed by atoms with Gasteiger partial charge in [-0.2, -0.15) is 13.2 Å². The molecule has 0 aliphatic heterocycles. The van der Waals surface area contributed by atoms with Crippen molar-refractivity contribution in [2.24, 2.45) is 0 Å². The first-order chi connectivity index (χ1) is 15.1. The number of halogens is 3. The summed E-state index contributed by atoms with van der Waals surface area (Å²) in [4.78, 5) is 11.3. The van der Waals surface area contributed by atoms with Gasteiger partial charge in [0.1, 0.15) is 12.4 Å². The van der Waals surface area contributed by atoms with Crippen molar-refractivity contribution in [3.63, 3.8) is 0 Å². The molecule has 166 valence electrons. The number of carboxylic acids is 1. The third-order valence-electron chi connectivity index (χ3n) is 4.51. The predicted octanol–water partition coefficient (Wildman–Crippen LogP) is 6.90. The van der Waals surface area contributed by atoms with Crippen molar-refractivity contribution in [2.75, 3.05) is 6.61 Å². The minimum Gasteiger partial charge on any atom is -0.486 e. The molecule has 0 amide bonds. The molecule has 0 radical (unpaired) electrons. The van der Waals surface area contributed by atoms with E-state index < -0.39 is 17.7 Å². The van der Waals surface area contributed by atoms with Crippen LogP contribution < -0.4 is 9.47 Å². The fraction of sp³-hybridized carbons (Fsp3) is 0.160.